The Labute approximate surface area is 200 Å². The van der Waals surface area contributed by atoms with Gasteiger partial charge in [0, 0.05) is 13.0 Å². The van der Waals surface area contributed by atoms with Gasteiger partial charge in [0.1, 0.15) is 12.7 Å². The van der Waals surface area contributed by atoms with E-state index in [0.717, 1.165) is 17.5 Å². The summed E-state index contributed by atoms with van der Waals surface area (Å²) in [6.07, 6.45) is 3.99. The molecule has 0 bridgehead atoms. The molecule has 2 aliphatic rings. The third-order valence-electron chi connectivity index (χ3n) is 6.43. The molecule has 34 heavy (non-hydrogen) atoms. The van der Waals surface area contributed by atoms with E-state index < -0.39 is 0 Å². The van der Waals surface area contributed by atoms with Gasteiger partial charge in [-0.25, -0.2) is 0 Å². The molecule has 1 saturated carbocycles. The van der Waals surface area contributed by atoms with Crippen LogP contribution in [0.4, 0.5) is 0 Å². The molecule has 0 radical (unpaired) electrons. The van der Waals surface area contributed by atoms with Crippen molar-refractivity contribution < 1.29 is 28.5 Å². The van der Waals surface area contributed by atoms with E-state index in [2.05, 4.69) is 5.32 Å². The minimum Gasteiger partial charge on any atom is -0.496 e. The highest BCUT2D eigenvalue weighted by molar-refractivity contribution is 6.22. The molecule has 0 saturated heterocycles. The fraction of sp³-hybridized carbons (Fsp3) is 0.407. The summed E-state index contributed by atoms with van der Waals surface area (Å²) in [5, 5.41) is 2.89. The van der Waals surface area contributed by atoms with E-state index in [1.807, 2.05) is 48.5 Å². The number of hydrogen-bond donors (Lipinski definition) is 1. The summed E-state index contributed by atoms with van der Waals surface area (Å²) in [7, 11) is 3.20. The Morgan fingerprint density at radius 2 is 1.85 bits per heavy atom. The second-order valence-corrected chi connectivity index (χ2v) is 8.58. The zero-order chi connectivity index (χ0) is 23.9. The molecule has 0 aromatic heterocycles. The van der Waals surface area contributed by atoms with Gasteiger partial charge in [0.25, 0.3) is 0 Å². The van der Waals surface area contributed by atoms with Crippen LogP contribution in [0.25, 0.3) is 5.57 Å². The molecule has 1 aliphatic heterocycles. The van der Waals surface area contributed by atoms with Gasteiger partial charge in [-0.05, 0) is 42.5 Å². The first-order valence-electron chi connectivity index (χ1n) is 11.6. The minimum absolute atomic E-state index is 0.00691. The lowest BCUT2D eigenvalue weighted by Gasteiger charge is -2.37. The SMILES string of the molecule is COc1ccc(CCNC(=O)COC2CCC3C(=O)C(c4ccccc4)=COC3C2)cc1OC. The van der Waals surface area contributed by atoms with Crippen molar-refractivity contribution in [3.63, 3.8) is 0 Å². The van der Waals surface area contributed by atoms with Gasteiger partial charge < -0.3 is 24.3 Å². The maximum absolute atomic E-state index is 13.0. The van der Waals surface area contributed by atoms with E-state index >= 15 is 0 Å². The number of fused-ring (bicyclic) bond motifs is 1. The predicted molar refractivity (Wildman–Crippen MR) is 128 cm³/mol. The second-order valence-electron chi connectivity index (χ2n) is 8.58. The third-order valence-corrected chi connectivity index (χ3v) is 6.43. The highest BCUT2D eigenvalue weighted by Gasteiger charge is 2.40. The molecule has 3 unspecified atom stereocenters. The maximum atomic E-state index is 13.0. The molecular formula is C27H31NO6. The molecule has 0 spiro atoms. The van der Waals surface area contributed by atoms with Crippen molar-refractivity contribution in [1.82, 2.24) is 5.32 Å². The molecule has 180 valence electrons. The van der Waals surface area contributed by atoms with Gasteiger partial charge in [0.2, 0.25) is 5.91 Å². The summed E-state index contributed by atoms with van der Waals surface area (Å²) >= 11 is 0. The minimum atomic E-state index is -0.202. The first kappa shape index (κ1) is 23.8. The number of amides is 1. The number of ether oxygens (including phenoxy) is 4. The van der Waals surface area contributed by atoms with Crippen LogP contribution < -0.4 is 14.8 Å². The largest absolute Gasteiger partial charge is 0.496 e. The fourth-order valence-corrected chi connectivity index (χ4v) is 4.56. The summed E-state index contributed by atoms with van der Waals surface area (Å²) < 4.78 is 22.3. The van der Waals surface area contributed by atoms with E-state index in [4.69, 9.17) is 18.9 Å². The molecule has 4 rings (SSSR count). The zero-order valence-corrected chi connectivity index (χ0v) is 19.6. The van der Waals surface area contributed by atoms with Crippen molar-refractivity contribution in [1.29, 1.82) is 0 Å². The van der Waals surface area contributed by atoms with Crippen LogP contribution in [-0.4, -0.2) is 51.3 Å². The molecule has 1 aliphatic carbocycles. The Morgan fingerprint density at radius 1 is 1.06 bits per heavy atom. The Bertz CT molecular complexity index is 1030. The number of carbonyl (C=O) groups excluding carboxylic acids is 2. The van der Waals surface area contributed by atoms with Crippen molar-refractivity contribution in [3.8, 4) is 11.5 Å². The first-order chi connectivity index (χ1) is 16.6. The van der Waals surface area contributed by atoms with E-state index in [9.17, 15) is 9.59 Å². The number of methoxy groups -OCH3 is 2. The lowest BCUT2D eigenvalue weighted by molar-refractivity contribution is -0.135. The van der Waals surface area contributed by atoms with E-state index in [0.29, 0.717) is 42.9 Å². The van der Waals surface area contributed by atoms with Crippen LogP contribution in [0.1, 0.15) is 30.4 Å². The maximum Gasteiger partial charge on any atom is 0.246 e. The highest BCUT2D eigenvalue weighted by Crippen LogP contribution is 2.37. The molecule has 1 heterocycles. The van der Waals surface area contributed by atoms with Crippen LogP contribution in [0.3, 0.4) is 0 Å². The van der Waals surface area contributed by atoms with Crippen LogP contribution >= 0.6 is 0 Å². The average Bonchev–Trinajstić information content (AvgIpc) is 2.88. The Balaban J connectivity index is 1.21. The van der Waals surface area contributed by atoms with Gasteiger partial charge in [0.05, 0.1) is 38.1 Å². The molecule has 3 atom stereocenters. The molecular weight excluding hydrogens is 434 g/mol. The summed E-state index contributed by atoms with van der Waals surface area (Å²) in [5.74, 6) is 1.16. The molecule has 1 N–H and O–H groups in total. The van der Waals surface area contributed by atoms with Crippen LogP contribution in [0.2, 0.25) is 0 Å². The van der Waals surface area contributed by atoms with Crippen molar-refractivity contribution in [3.05, 3.63) is 65.9 Å². The number of nitrogens with one attached hydrogen (secondary N) is 1. The number of allylic oxidation sites excluding steroid dienone is 1. The summed E-state index contributed by atoms with van der Waals surface area (Å²) in [4.78, 5) is 25.2. The van der Waals surface area contributed by atoms with E-state index in [-0.39, 0.29) is 36.4 Å². The van der Waals surface area contributed by atoms with Crippen LogP contribution in [0.5, 0.6) is 11.5 Å². The van der Waals surface area contributed by atoms with Crippen molar-refractivity contribution in [2.75, 3.05) is 27.4 Å². The van der Waals surface area contributed by atoms with E-state index in [1.54, 1.807) is 20.5 Å². The number of ketones is 1. The summed E-state index contributed by atoms with van der Waals surface area (Å²) in [6.45, 7) is 0.491. The van der Waals surface area contributed by atoms with Gasteiger partial charge in [-0.2, -0.15) is 0 Å². The number of hydrogen-bond acceptors (Lipinski definition) is 6. The number of Topliss-reactive ketones (excluding diaryl/α,β-unsaturated/α-hetero) is 1. The fourth-order valence-electron chi connectivity index (χ4n) is 4.56. The summed E-state index contributed by atoms with van der Waals surface area (Å²) in [6, 6.07) is 15.3. The number of rotatable bonds is 9. The standard InChI is InChI=1S/C27H31NO6/c1-31-23-11-8-18(14-25(23)32-2)12-13-28-26(29)17-33-20-9-10-21-24(15-20)34-16-22(27(21)30)19-6-4-3-5-7-19/h3-8,11,14,16,20-21,24H,9-10,12-13,15,17H2,1-2H3,(H,28,29). The summed E-state index contributed by atoms with van der Waals surface area (Å²) in [5.41, 5.74) is 2.56. The number of benzene rings is 2. The average molecular weight is 466 g/mol. The van der Waals surface area contributed by atoms with Gasteiger partial charge in [-0.1, -0.05) is 36.4 Å². The number of carbonyl (C=O) groups is 2. The zero-order valence-electron chi connectivity index (χ0n) is 19.6. The molecule has 7 heteroatoms. The molecule has 2 aromatic carbocycles. The second kappa shape index (κ2) is 11.2. The third kappa shape index (κ3) is 5.59. The normalized spacial score (nSPS) is 21.6. The highest BCUT2D eigenvalue weighted by atomic mass is 16.5. The van der Waals surface area contributed by atoms with Crippen LogP contribution in [0.15, 0.2) is 54.8 Å². The smallest absolute Gasteiger partial charge is 0.246 e. The van der Waals surface area contributed by atoms with Gasteiger partial charge >= 0.3 is 0 Å². The predicted octanol–water partition coefficient (Wildman–Crippen LogP) is 3.56. The lowest BCUT2D eigenvalue weighted by Crippen LogP contribution is -2.42. The molecule has 1 fully saturated rings. The first-order valence-corrected chi connectivity index (χ1v) is 11.6. The van der Waals surface area contributed by atoms with Crippen LogP contribution in [-0.2, 0) is 25.5 Å². The molecule has 2 aromatic rings. The Kier molecular flexibility index (Phi) is 7.85. The monoisotopic (exact) mass is 465 g/mol. The van der Waals surface area contributed by atoms with Crippen molar-refractivity contribution in [2.24, 2.45) is 5.92 Å². The Hall–Kier alpha value is -3.32. The lowest BCUT2D eigenvalue weighted by atomic mass is 9.78. The van der Waals surface area contributed by atoms with Gasteiger partial charge in [-0.3, -0.25) is 9.59 Å². The van der Waals surface area contributed by atoms with Crippen molar-refractivity contribution >= 4 is 17.3 Å². The van der Waals surface area contributed by atoms with Gasteiger partial charge in [0.15, 0.2) is 17.3 Å². The van der Waals surface area contributed by atoms with E-state index in [1.165, 1.54) is 0 Å². The van der Waals surface area contributed by atoms with Crippen molar-refractivity contribution in [2.45, 2.75) is 37.9 Å². The molecule has 7 nitrogen and oxygen atoms in total. The topological polar surface area (TPSA) is 83.1 Å². The van der Waals surface area contributed by atoms with Crippen LogP contribution in [0, 0.1) is 5.92 Å². The Morgan fingerprint density at radius 3 is 2.62 bits per heavy atom. The quantitative estimate of drug-likeness (QED) is 0.610. The molecule has 1 amide bonds. The van der Waals surface area contributed by atoms with Gasteiger partial charge in [-0.15, -0.1) is 0 Å².